The molecule has 4 heteroatoms. The molecular weight excluding hydrogens is 248 g/mol. The topological polar surface area (TPSA) is 39.7 Å². The number of aliphatic imine (C=N–C) groups is 1. The van der Waals surface area contributed by atoms with Crippen molar-refractivity contribution in [3.63, 3.8) is 0 Å². The SMILES string of the molecule is CCCCCCNC(=NC)NC1CN(C(C)C)CC1C. The number of likely N-dealkylation sites (tertiary alicyclic amines) is 1. The highest BCUT2D eigenvalue weighted by Gasteiger charge is 2.31. The second-order valence-electron chi connectivity index (χ2n) is 6.34. The molecule has 2 N–H and O–H groups in total. The van der Waals surface area contributed by atoms with Gasteiger partial charge in [0.25, 0.3) is 0 Å². The third-order valence-electron chi connectivity index (χ3n) is 4.24. The smallest absolute Gasteiger partial charge is 0.191 e. The van der Waals surface area contributed by atoms with Gasteiger partial charge in [0.15, 0.2) is 5.96 Å². The van der Waals surface area contributed by atoms with E-state index in [1.165, 1.54) is 32.2 Å². The number of rotatable bonds is 7. The zero-order valence-electron chi connectivity index (χ0n) is 14.1. The molecule has 2 unspecified atom stereocenters. The minimum atomic E-state index is 0.513. The van der Waals surface area contributed by atoms with Crippen LogP contribution in [-0.2, 0) is 0 Å². The monoisotopic (exact) mass is 282 g/mol. The Morgan fingerprint density at radius 1 is 1.25 bits per heavy atom. The van der Waals surface area contributed by atoms with Gasteiger partial charge in [0, 0.05) is 38.8 Å². The van der Waals surface area contributed by atoms with E-state index in [1.807, 2.05) is 7.05 Å². The number of nitrogens with zero attached hydrogens (tertiary/aromatic N) is 2. The van der Waals surface area contributed by atoms with Gasteiger partial charge in [-0.3, -0.25) is 9.89 Å². The summed E-state index contributed by atoms with van der Waals surface area (Å²) >= 11 is 0. The third kappa shape index (κ3) is 5.70. The molecule has 1 rings (SSSR count). The number of guanidine groups is 1. The Kier molecular flexibility index (Phi) is 7.97. The first-order valence-electron chi connectivity index (χ1n) is 8.29. The third-order valence-corrected chi connectivity index (χ3v) is 4.24. The van der Waals surface area contributed by atoms with Crippen LogP contribution in [0.2, 0.25) is 0 Å². The molecule has 1 fully saturated rings. The van der Waals surface area contributed by atoms with E-state index in [1.54, 1.807) is 0 Å². The van der Waals surface area contributed by atoms with Gasteiger partial charge in [-0.25, -0.2) is 0 Å². The van der Waals surface area contributed by atoms with Crippen molar-refractivity contribution < 1.29 is 0 Å². The Hall–Kier alpha value is -0.770. The molecule has 2 atom stereocenters. The fourth-order valence-electron chi connectivity index (χ4n) is 2.74. The van der Waals surface area contributed by atoms with Crippen molar-refractivity contribution >= 4 is 5.96 Å². The first-order valence-corrected chi connectivity index (χ1v) is 8.29. The minimum absolute atomic E-state index is 0.513. The molecular formula is C16H34N4. The molecule has 0 spiro atoms. The number of hydrogen-bond donors (Lipinski definition) is 2. The van der Waals surface area contributed by atoms with Crippen LogP contribution in [0.1, 0.15) is 53.4 Å². The second kappa shape index (κ2) is 9.22. The van der Waals surface area contributed by atoms with Crippen molar-refractivity contribution in [1.29, 1.82) is 0 Å². The average molecular weight is 282 g/mol. The van der Waals surface area contributed by atoms with Crippen LogP contribution in [0.4, 0.5) is 0 Å². The predicted molar refractivity (Wildman–Crippen MR) is 88.3 cm³/mol. The highest BCUT2D eigenvalue weighted by molar-refractivity contribution is 5.80. The minimum Gasteiger partial charge on any atom is -0.356 e. The molecule has 0 radical (unpaired) electrons. The Morgan fingerprint density at radius 3 is 2.55 bits per heavy atom. The summed E-state index contributed by atoms with van der Waals surface area (Å²) in [5, 5.41) is 7.03. The zero-order chi connectivity index (χ0) is 15.0. The summed E-state index contributed by atoms with van der Waals surface area (Å²) in [6, 6.07) is 1.15. The first-order chi connectivity index (χ1) is 9.58. The Balaban J connectivity index is 2.30. The van der Waals surface area contributed by atoms with E-state index < -0.39 is 0 Å². The zero-order valence-corrected chi connectivity index (χ0v) is 14.1. The van der Waals surface area contributed by atoms with Gasteiger partial charge >= 0.3 is 0 Å². The highest BCUT2D eigenvalue weighted by atomic mass is 15.3. The standard InChI is InChI=1S/C16H34N4/c1-6-7-8-9-10-18-16(17-5)19-15-12-20(13(2)3)11-14(15)4/h13-15H,6-12H2,1-5H3,(H2,17,18,19). The van der Waals surface area contributed by atoms with Crippen LogP contribution < -0.4 is 10.6 Å². The molecule has 4 nitrogen and oxygen atoms in total. The van der Waals surface area contributed by atoms with Crippen molar-refractivity contribution in [2.75, 3.05) is 26.7 Å². The number of nitrogens with one attached hydrogen (secondary N) is 2. The summed E-state index contributed by atoms with van der Waals surface area (Å²) in [4.78, 5) is 6.89. The number of unbranched alkanes of at least 4 members (excludes halogenated alkanes) is 3. The largest absolute Gasteiger partial charge is 0.356 e. The van der Waals surface area contributed by atoms with E-state index in [0.29, 0.717) is 18.0 Å². The summed E-state index contributed by atoms with van der Waals surface area (Å²) in [6.45, 7) is 12.4. The molecule has 1 aliphatic heterocycles. The lowest BCUT2D eigenvalue weighted by atomic mass is 10.1. The molecule has 0 saturated carbocycles. The van der Waals surface area contributed by atoms with E-state index in [-0.39, 0.29) is 0 Å². The molecule has 0 amide bonds. The Bertz CT molecular complexity index is 288. The van der Waals surface area contributed by atoms with Gasteiger partial charge in [-0.05, 0) is 26.2 Å². The summed E-state index contributed by atoms with van der Waals surface area (Å²) in [5.74, 6) is 1.64. The molecule has 1 aliphatic rings. The molecule has 1 heterocycles. The van der Waals surface area contributed by atoms with Gasteiger partial charge in [-0.15, -0.1) is 0 Å². The van der Waals surface area contributed by atoms with Gasteiger partial charge in [0.1, 0.15) is 0 Å². The maximum absolute atomic E-state index is 4.35. The maximum Gasteiger partial charge on any atom is 0.191 e. The summed E-state index contributed by atoms with van der Waals surface area (Å²) in [7, 11) is 1.86. The Morgan fingerprint density at radius 2 is 2.00 bits per heavy atom. The van der Waals surface area contributed by atoms with Crippen molar-refractivity contribution in [3.8, 4) is 0 Å². The van der Waals surface area contributed by atoms with Crippen LogP contribution in [0.3, 0.4) is 0 Å². The molecule has 20 heavy (non-hydrogen) atoms. The van der Waals surface area contributed by atoms with Gasteiger partial charge in [0.2, 0.25) is 0 Å². The van der Waals surface area contributed by atoms with Gasteiger partial charge in [0.05, 0.1) is 0 Å². The highest BCUT2D eigenvalue weighted by Crippen LogP contribution is 2.18. The van der Waals surface area contributed by atoms with Crippen LogP contribution in [0.5, 0.6) is 0 Å². The lowest BCUT2D eigenvalue weighted by Crippen LogP contribution is -2.47. The van der Waals surface area contributed by atoms with Crippen molar-refractivity contribution in [3.05, 3.63) is 0 Å². The van der Waals surface area contributed by atoms with Crippen molar-refractivity contribution in [2.24, 2.45) is 10.9 Å². The molecule has 0 bridgehead atoms. The van der Waals surface area contributed by atoms with Gasteiger partial charge in [-0.1, -0.05) is 33.1 Å². The van der Waals surface area contributed by atoms with E-state index in [2.05, 4.69) is 48.2 Å². The van der Waals surface area contributed by atoms with Crippen LogP contribution in [0.25, 0.3) is 0 Å². The van der Waals surface area contributed by atoms with Gasteiger partial charge < -0.3 is 10.6 Å². The van der Waals surface area contributed by atoms with Crippen LogP contribution >= 0.6 is 0 Å². The summed E-state index contributed by atoms with van der Waals surface area (Å²) < 4.78 is 0. The molecule has 0 aromatic heterocycles. The lowest BCUT2D eigenvalue weighted by molar-refractivity contribution is 0.265. The molecule has 0 aromatic carbocycles. The predicted octanol–water partition coefficient (Wildman–Crippen LogP) is 2.46. The fourth-order valence-corrected chi connectivity index (χ4v) is 2.74. The lowest BCUT2D eigenvalue weighted by Gasteiger charge is -2.21. The van der Waals surface area contributed by atoms with E-state index in [0.717, 1.165) is 19.0 Å². The van der Waals surface area contributed by atoms with Crippen LogP contribution in [0.15, 0.2) is 4.99 Å². The quantitative estimate of drug-likeness (QED) is 0.428. The fraction of sp³-hybridized carbons (Fsp3) is 0.938. The molecule has 0 aliphatic carbocycles. The number of hydrogen-bond acceptors (Lipinski definition) is 2. The van der Waals surface area contributed by atoms with E-state index in [9.17, 15) is 0 Å². The normalized spacial score (nSPS) is 24.4. The van der Waals surface area contributed by atoms with Crippen molar-refractivity contribution in [1.82, 2.24) is 15.5 Å². The van der Waals surface area contributed by atoms with E-state index in [4.69, 9.17) is 0 Å². The maximum atomic E-state index is 4.35. The molecule has 1 saturated heterocycles. The van der Waals surface area contributed by atoms with Crippen LogP contribution in [0, 0.1) is 5.92 Å². The van der Waals surface area contributed by atoms with E-state index >= 15 is 0 Å². The first kappa shape index (κ1) is 17.3. The average Bonchev–Trinajstić information content (AvgIpc) is 2.78. The second-order valence-corrected chi connectivity index (χ2v) is 6.34. The summed E-state index contributed by atoms with van der Waals surface area (Å²) in [5.41, 5.74) is 0. The Labute approximate surface area is 125 Å². The molecule has 0 aromatic rings. The van der Waals surface area contributed by atoms with Crippen molar-refractivity contribution in [2.45, 2.75) is 65.5 Å². The van der Waals surface area contributed by atoms with Gasteiger partial charge in [-0.2, -0.15) is 0 Å². The van der Waals surface area contributed by atoms with Crippen LogP contribution in [-0.4, -0.2) is 49.6 Å². The molecule has 118 valence electrons. The summed E-state index contributed by atoms with van der Waals surface area (Å²) in [6.07, 6.45) is 5.16.